The third-order valence-corrected chi connectivity index (χ3v) is 4.08. The van der Waals surface area contributed by atoms with Crippen molar-refractivity contribution in [1.29, 1.82) is 0 Å². The Morgan fingerprint density at radius 1 is 1.10 bits per heavy atom. The van der Waals surface area contributed by atoms with Gasteiger partial charge < -0.3 is 9.84 Å². The van der Waals surface area contributed by atoms with E-state index in [2.05, 4.69) is 22.0 Å². The lowest BCUT2D eigenvalue weighted by atomic mass is 9.99. The summed E-state index contributed by atoms with van der Waals surface area (Å²) in [6.07, 6.45) is 0.787. The molecule has 106 valence electrons. The smallest absolute Gasteiger partial charge is 0.122 e. The molecule has 2 aromatic rings. The van der Waals surface area contributed by atoms with Gasteiger partial charge in [0.1, 0.15) is 5.75 Å². The van der Waals surface area contributed by atoms with Crippen LogP contribution < -0.4 is 4.74 Å². The summed E-state index contributed by atoms with van der Waals surface area (Å²) in [5.41, 5.74) is 3.34. The summed E-state index contributed by atoms with van der Waals surface area (Å²) in [5, 5.41) is 10.3. The summed E-state index contributed by atoms with van der Waals surface area (Å²) in [5.74, 6) is 0.835. The molecule has 0 radical (unpaired) electrons. The fourth-order valence-electron chi connectivity index (χ4n) is 2.31. The van der Waals surface area contributed by atoms with Crippen LogP contribution in [0.5, 0.6) is 5.75 Å². The number of aliphatic hydroxyl groups is 1. The minimum Gasteiger partial charge on any atom is -0.496 e. The zero-order valence-corrected chi connectivity index (χ0v) is 13.4. The Labute approximate surface area is 128 Å². The number of aliphatic hydroxyl groups excluding tert-OH is 1. The van der Waals surface area contributed by atoms with E-state index >= 15 is 0 Å². The van der Waals surface area contributed by atoms with E-state index in [1.54, 1.807) is 7.11 Å². The topological polar surface area (TPSA) is 29.5 Å². The van der Waals surface area contributed by atoms with Crippen LogP contribution >= 0.6 is 15.9 Å². The Balaban J connectivity index is 2.10. The zero-order valence-electron chi connectivity index (χ0n) is 11.8. The lowest BCUT2D eigenvalue weighted by molar-refractivity contribution is 0.174. The van der Waals surface area contributed by atoms with Crippen molar-refractivity contribution in [2.45, 2.75) is 25.9 Å². The summed E-state index contributed by atoms with van der Waals surface area (Å²) >= 11 is 3.51. The van der Waals surface area contributed by atoms with Crippen LogP contribution in [0.3, 0.4) is 0 Å². The quantitative estimate of drug-likeness (QED) is 0.898. The zero-order chi connectivity index (χ0) is 14.5. The van der Waals surface area contributed by atoms with E-state index in [4.69, 9.17) is 4.74 Å². The van der Waals surface area contributed by atoms with Gasteiger partial charge in [0.2, 0.25) is 0 Å². The van der Waals surface area contributed by atoms with Crippen LogP contribution in [0.4, 0.5) is 0 Å². The summed E-state index contributed by atoms with van der Waals surface area (Å²) in [6, 6.07) is 14.0. The van der Waals surface area contributed by atoms with Gasteiger partial charge in [0.25, 0.3) is 0 Å². The van der Waals surface area contributed by atoms with Gasteiger partial charge in [-0.25, -0.2) is 0 Å². The molecule has 0 spiro atoms. The Kier molecular flexibility index (Phi) is 5.21. The van der Waals surface area contributed by atoms with Crippen LogP contribution in [0.2, 0.25) is 0 Å². The summed E-state index contributed by atoms with van der Waals surface area (Å²) in [6.45, 7) is 2.04. The second-order valence-corrected chi connectivity index (χ2v) is 5.82. The Morgan fingerprint density at radius 2 is 1.80 bits per heavy atom. The minimum absolute atomic E-state index is 0.426. The molecule has 1 atom stereocenters. The molecule has 0 aromatic heterocycles. The second-order valence-electron chi connectivity index (χ2n) is 4.97. The molecule has 0 bridgehead atoms. The predicted molar refractivity (Wildman–Crippen MR) is 85.3 cm³/mol. The van der Waals surface area contributed by atoms with Crippen molar-refractivity contribution in [3.8, 4) is 5.75 Å². The van der Waals surface area contributed by atoms with Gasteiger partial charge in [0.15, 0.2) is 0 Å². The molecule has 0 aliphatic heterocycles. The highest BCUT2D eigenvalue weighted by Crippen LogP contribution is 2.23. The number of methoxy groups -OCH3 is 1. The Hall–Kier alpha value is -1.32. The molecule has 2 rings (SSSR count). The molecule has 0 heterocycles. The van der Waals surface area contributed by atoms with Gasteiger partial charge in [-0.2, -0.15) is 0 Å². The number of hydrogen-bond donors (Lipinski definition) is 1. The van der Waals surface area contributed by atoms with Crippen molar-refractivity contribution in [2.75, 3.05) is 7.11 Å². The fraction of sp³-hybridized carbons (Fsp3) is 0.294. The van der Waals surface area contributed by atoms with E-state index in [1.807, 2.05) is 43.3 Å². The van der Waals surface area contributed by atoms with Gasteiger partial charge in [0, 0.05) is 10.9 Å². The molecular weight excluding hydrogens is 316 g/mol. The maximum atomic E-state index is 10.3. The fourth-order valence-corrected chi connectivity index (χ4v) is 2.76. The summed E-state index contributed by atoms with van der Waals surface area (Å²) in [7, 11) is 1.66. The monoisotopic (exact) mass is 334 g/mol. The largest absolute Gasteiger partial charge is 0.496 e. The predicted octanol–water partition coefficient (Wildman–Crippen LogP) is 3.91. The SMILES string of the molecule is COc1ccc(C)cc1CC(O)Cc1ccccc1Br. The molecule has 0 saturated heterocycles. The molecule has 0 aliphatic carbocycles. The first-order valence-electron chi connectivity index (χ1n) is 6.65. The van der Waals surface area contributed by atoms with Crippen LogP contribution in [-0.2, 0) is 12.8 Å². The van der Waals surface area contributed by atoms with E-state index in [9.17, 15) is 5.11 Å². The molecule has 1 unspecified atom stereocenters. The van der Waals surface area contributed by atoms with E-state index in [1.165, 1.54) is 5.56 Å². The van der Waals surface area contributed by atoms with Crippen molar-refractivity contribution in [2.24, 2.45) is 0 Å². The number of benzene rings is 2. The van der Waals surface area contributed by atoms with E-state index in [0.717, 1.165) is 21.3 Å². The Morgan fingerprint density at radius 3 is 2.50 bits per heavy atom. The van der Waals surface area contributed by atoms with E-state index in [-0.39, 0.29) is 0 Å². The van der Waals surface area contributed by atoms with Crippen LogP contribution in [0, 0.1) is 6.92 Å². The van der Waals surface area contributed by atoms with E-state index in [0.29, 0.717) is 12.8 Å². The Bertz CT molecular complexity index is 581. The molecule has 2 aromatic carbocycles. The van der Waals surface area contributed by atoms with Gasteiger partial charge >= 0.3 is 0 Å². The number of ether oxygens (including phenoxy) is 1. The standard InChI is InChI=1S/C17H19BrO2/c1-12-7-8-17(20-2)14(9-12)11-15(19)10-13-5-3-4-6-16(13)18/h3-9,15,19H,10-11H2,1-2H3. The van der Waals surface area contributed by atoms with E-state index < -0.39 is 6.10 Å². The molecule has 1 N–H and O–H groups in total. The molecule has 0 amide bonds. The van der Waals surface area contributed by atoms with Crippen LogP contribution in [-0.4, -0.2) is 18.3 Å². The summed E-state index contributed by atoms with van der Waals surface area (Å²) in [4.78, 5) is 0. The summed E-state index contributed by atoms with van der Waals surface area (Å²) < 4.78 is 6.39. The van der Waals surface area contributed by atoms with Crippen molar-refractivity contribution in [1.82, 2.24) is 0 Å². The number of aryl methyl sites for hydroxylation is 1. The first-order valence-corrected chi connectivity index (χ1v) is 7.44. The molecular formula is C17H19BrO2. The van der Waals surface area contributed by atoms with Crippen molar-refractivity contribution in [3.05, 3.63) is 63.6 Å². The number of halogens is 1. The van der Waals surface area contributed by atoms with Crippen molar-refractivity contribution < 1.29 is 9.84 Å². The molecule has 0 saturated carbocycles. The van der Waals surface area contributed by atoms with Crippen LogP contribution in [0.1, 0.15) is 16.7 Å². The van der Waals surface area contributed by atoms with Gasteiger partial charge in [-0.1, -0.05) is 51.8 Å². The third-order valence-electron chi connectivity index (χ3n) is 3.30. The first kappa shape index (κ1) is 15.1. The van der Waals surface area contributed by atoms with Crippen molar-refractivity contribution in [3.63, 3.8) is 0 Å². The van der Waals surface area contributed by atoms with Gasteiger partial charge in [-0.3, -0.25) is 0 Å². The normalized spacial score (nSPS) is 12.2. The van der Waals surface area contributed by atoms with Crippen LogP contribution in [0.25, 0.3) is 0 Å². The third kappa shape index (κ3) is 3.84. The molecule has 3 heteroatoms. The maximum absolute atomic E-state index is 10.3. The molecule has 0 aliphatic rings. The average molecular weight is 335 g/mol. The van der Waals surface area contributed by atoms with Gasteiger partial charge in [-0.05, 0) is 36.6 Å². The molecule has 2 nitrogen and oxygen atoms in total. The minimum atomic E-state index is -0.426. The maximum Gasteiger partial charge on any atom is 0.122 e. The number of hydrogen-bond acceptors (Lipinski definition) is 2. The molecule has 20 heavy (non-hydrogen) atoms. The lowest BCUT2D eigenvalue weighted by Gasteiger charge is -2.15. The highest BCUT2D eigenvalue weighted by Gasteiger charge is 2.12. The van der Waals surface area contributed by atoms with Crippen LogP contribution in [0.15, 0.2) is 46.9 Å². The first-order chi connectivity index (χ1) is 9.60. The van der Waals surface area contributed by atoms with Gasteiger partial charge in [-0.15, -0.1) is 0 Å². The highest BCUT2D eigenvalue weighted by atomic mass is 79.9. The van der Waals surface area contributed by atoms with Gasteiger partial charge in [0.05, 0.1) is 13.2 Å². The number of rotatable bonds is 5. The average Bonchev–Trinajstić information content (AvgIpc) is 2.41. The highest BCUT2D eigenvalue weighted by molar-refractivity contribution is 9.10. The van der Waals surface area contributed by atoms with Crippen molar-refractivity contribution >= 4 is 15.9 Å². The second kappa shape index (κ2) is 6.91. The lowest BCUT2D eigenvalue weighted by Crippen LogP contribution is -2.15. The molecule has 0 fully saturated rings.